The molecule has 0 atom stereocenters. The highest BCUT2D eigenvalue weighted by atomic mass is 32.1. The largest absolute Gasteiger partial charge is 0.135 e. The molecule has 7 aromatic carbocycles. The molecule has 0 nitrogen and oxygen atoms in total. The number of rotatable bonds is 83. The average molecular weight is 1910 g/mol. The molecule has 3 aliphatic carbocycles. The quantitative estimate of drug-likeness (QED) is 0.0333. The molecule has 0 spiro atoms. The second-order valence-electron chi connectivity index (χ2n) is 46.2. The summed E-state index contributed by atoms with van der Waals surface area (Å²) in [5.74, 6) is 0.238. The van der Waals surface area contributed by atoms with Crippen molar-refractivity contribution in [1.82, 2.24) is 0 Å². The molecule has 3 aliphatic rings. The van der Waals surface area contributed by atoms with Crippen LogP contribution < -0.4 is 0 Å². The molecule has 1 heteroatoms. The Kier molecular flexibility index (Phi) is 53.8. The van der Waals surface area contributed by atoms with Crippen LogP contribution in [-0.2, 0) is 41.9 Å². The van der Waals surface area contributed by atoms with Crippen LogP contribution >= 0.6 is 11.3 Å². The topological polar surface area (TPSA) is 0 Å². The van der Waals surface area contributed by atoms with Gasteiger partial charge in [0.05, 0.1) is 10.8 Å². The standard InChI is InChI=1S/C139H208S/c1-11-16-20-24-28-32-36-40-44-48-52-56-60-64-68-72-76-80-84-115-89-98-120(99-90-115)138(121-100-91-116(92-101-121)85-81-77-73-69-65-61-57-53-49-45-41-37-33-29-25-21-17-12-2)128(15-5)135(113(6)7)126-110-132-127(111-131(126)138)136-133(112-134(140-136)119-97-107-125-124-106-88-114(8)108-129(124)137(9,10)130(125)109-119)139(132,122-102-93-117(94-103-122)86-82-78-74-70-66-62-58-54-50-46-42-38-34-30-26-22-18-13-3)123-104-95-118(96-105-123)87-83-79-75-71-67-63-59-55-51-47-43-39-35-31-27-23-19-14-4/h15,88-113H,5,11-14,16-87H2,1-4,6-10H3. The lowest BCUT2D eigenvalue weighted by Crippen LogP contribution is -2.30. The summed E-state index contributed by atoms with van der Waals surface area (Å²) in [4.78, 5) is 2.79. The SMILES string of the molecule is C=CC1=C(C(C)C)c2cc3c(cc2C1(c1ccc(CCCCCCCCCCCCCCCCCCCC)cc1)c1ccc(CCCCCCCCCCCCCCCCCCCC)cc1)-c1sc(-c2ccc4c(c2)C(C)(C)c2cc(C)ccc2-4)cc1C3(c1ccc(CCCCCCCCCCCCCCCCCCCC)cc1)c1ccc(CCCCCCCCCCCCCCCCCCCC)cc1. The van der Waals surface area contributed by atoms with Crippen LogP contribution in [0.1, 0.15) is 601 Å². The van der Waals surface area contributed by atoms with Gasteiger partial charge in [0.15, 0.2) is 0 Å². The minimum Gasteiger partial charge on any atom is -0.135 e. The van der Waals surface area contributed by atoms with E-state index in [9.17, 15) is 0 Å². The van der Waals surface area contributed by atoms with Crippen LogP contribution in [0.4, 0.5) is 0 Å². The fourth-order valence-electron chi connectivity index (χ4n) is 25.4. The van der Waals surface area contributed by atoms with E-state index >= 15 is 0 Å². The van der Waals surface area contributed by atoms with Gasteiger partial charge in [0, 0.05) is 15.2 Å². The first-order valence-electron chi connectivity index (χ1n) is 61.3. The normalized spacial score (nSPS) is 13.7. The Balaban J connectivity index is 0.876. The van der Waals surface area contributed by atoms with Crippen molar-refractivity contribution in [2.24, 2.45) is 5.92 Å². The zero-order valence-electron chi connectivity index (χ0n) is 92.4. The zero-order chi connectivity index (χ0) is 98.2. The van der Waals surface area contributed by atoms with E-state index < -0.39 is 10.8 Å². The van der Waals surface area contributed by atoms with Gasteiger partial charge < -0.3 is 0 Å². The van der Waals surface area contributed by atoms with Crippen LogP contribution in [0.15, 0.2) is 170 Å². The van der Waals surface area contributed by atoms with E-state index in [0.717, 1.165) is 25.7 Å². The molecular weight excluding hydrogens is 1700 g/mol. The third-order valence-electron chi connectivity index (χ3n) is 34.1. The Hall–Kier alpha value is -6.28. The summed E-state index contributed by atoms with van der Waals surface area (Å²) in [5, 5.41) is 0. The summed E-state index contributed by atoms with van der Waals surface area (Å²) in [7, 11) is 0. The highest BCUT2D eigenvalue weighted by Crippen LogP contribution is 2.65. The first kappa shape index (κ1) is 114. The Labute approximate surface area is 868 Å². The molecule has 0 radical (unpaired) electrons. The van der Waals surface area contributed by atoms with Crippen LogP contribution in [0.3, 0.4) is 0 Å². The van der Waals surface area contributed by atoms with E-state index in [0.29, 0.717) is 0 Å². The third-order valence-corrected chi connectivity index (χ3v) is 35.3. The van der Waals surface area contributed by atoms with Gasteiger partial charge in [-0.05, 0) is 200 Å². The van der Waals surface area contributed by atoms with Gasteiger partial charge in [0.2, 0.25) is 0 Å². The highest BCUT2D eigenvalue weighted by molar-refractivity contribution is 7.19. The number of hydrogen-bond acceptors (Lipinski definition) is 1. The van der Waals surface area contributed by atoms with Crippen molar-refractivity contribution in [3.05, 3.63) is 253 Å². The number of allylic oxidation sites excluding steroid dienone is 3. The fourth-order valence-corrected chi connectivity index (χ4v) is 26.6. The van der Waals surface area contributed by atoms with E-state index in [1.54, 1.807) is 0 Å². The molecule has 0 bridgehead atoms. The molecule has 0 aliphatic heterocycles. The van der Waals surface area contributed by atoms with Crippen LogP contribution in [0, 0.1) is 12.8 Å². The second kappa shape index (κ2) is 66.0. The predicted molar refractivity (Wildman–Crippen MR) is 624 cm³/mol. The van der Waals surface area contributed by atoms with Gasteiger partial charge in [0.1, 0.15) is 0 Å². The van der Waals surface area contributed by atoms with E-state index in [1.807, 2.05) is 0 Å². The molecule has 8 aromatic rings. The summed E-state index contributed by atoms with van der Waals surface area (Å²) in [6.45, 7) is 26.5. The number of aryl methyl sites for hydroxylation is 5. The van der Waals surface area contributed by atoms with Crippen LogP contribution in [-0.4, -0.2) is 0 Å². The molecule has 11 rings (SSSR count). The molecule has 0 fully saturated rings. The van der Waals surface area contributed by atoms with Gasteiger partial charge in [-0.3, -0.25) is 0 Å². The van der Waals surface area contributed by atoms with E-state index in [1.165, 1.54) is 589 Å². The van der Waals surface area contributed by atoms with Crippen molar-refractivity contribution in [1.29, 1.82) is 0 Å². The summed E-state index contributed by atoms with van der Waals surface area (Å²) in [6.07, 6.45) is 108. The van der Waals surface area contributed by atoms with Crippen molar-refractivity contribution in [3.8, 4) is 32.0 Å². The lowest BCUT2D eigenvalue weighted by atomic mass is 9.65. The van der Waals surface area contributed by atoms with Gasteiger partial charge >= 0.3 is 0 Å². The lowest BCUT2D eigenvalue weighted by molar-refractivity contribution is 0.525. The molecule has 770 valence electrons. The minimum absolute atomic E-state index is 0.120. The summed E-state index contributed by atoms with van der Waals surface area (Å²) >= 11 is 2.07. The summed E-state index contributed by atoms with van der Waals surface area (Å²) in [6, 6.07) is 64.3. The zero-order valence-corrected chi connectivity index (χ0v) is 93.3. The van der Waals surface area contributed by atoms with Gasteiger partial charge in [-0.25, -0.2) is 0 Å². The summed E-state index contributed by atoms with van der Waals surface area (Å²) in [5.41, 5.74) is 28.4. The number of thiophene rings is 1. The molecule has 1 aromatic heterocycles. The maximum absolute atomic E-state index is 4.98. The van der Waals surface area contributed by atoms with Crippen molar-refractivity contribution in [3.63, 3.8) is 0 Å². The smallest absolute Gasteiger partial charge is 0.0722 e. The molecular formula is C139H208S. The van der Waals surface area contributed by atoms with Gasteiger partial charge in [-0.15, -0.1) is 11.3 Å². The van der Waals surface area contributed by atoms with E-state index in [-0.39, 0.29) is 11.3 Å². The van der Waals surface area contributed by atoms with Crippen molar-refractivity contribution in [2.45, 2.75) is 567 Å². The van der Waals surface area contributed by atoms with E-state index in [2.05, 4.69) is 231 Å². The van der Waals surface area contributed by atoms with Crippen molar-refractivity contribution in [2.75, 3.05) is 0 Å². The maximum atomic E-state index is 4.98. The predicted octanol–water partition coefficient (Wildman–Crippen LogP) is 45.7. The Morgan fingerprint density at radius 3 is 0.757 bits per heavy atom. The Morgan fingerprint density at radius 2 is 0.486 bits per heavy atom. The fraction of sp³-hybridized carbons (Fsp3) is 0.640. The lowest BCUT2D eigenvalue weighted by Gasteiger charge is -2.36. The molecule has 140 heavy (non-hydrogen) atoms. The third kappa shape index (κ3) is 35.0. The van der Waals surface area contributed by atoms with Gasteiger partial charge in [0.25, 0.3) is 0 Å². The van der Waals surface area contributed by atoms with Crippen LogP contribution in [0.25, 0.3) is 37.6 Å². The molecule has 1 heterocycles. The number of unbranched alkanes of at least 4 members (excludes halogenated alkanes) is 68. The van der Waals surface area contributed by atoms with Gasteiger partial charge in [-0.1, -0.05) is 638 Å². The molecule has 0 unspecified atom stereocenters. The number of fused-ring (bicyclic) bond motifs is 7. The van der Waals surface area contributed by atoms with Crippen LogP contribution in [0.2, 0.25) is 0 Å². The molecule has 0 saturated heterocycles. The monoisotopic (exact) mass is 1910 g/mol. The second-order valence-corrected chi connectivity index (χ2v) is 47.3. The Morgan fingerprint density at radius 1 is 0.243 bits per heavy atom. The molecule has 0 saturated carbocycles. The highest BCUT2D eigenvalue weighted by Gasteiger charge is 2.53. The first-order chi connectivity index (χ1) is 68.9. The molecule has 0 N–H and O–H groups in total. The number of benzene rings is 7. The minimum atomic E-state index is -0.601. The summed E-state index contributed by atoms with van der Waals surface area (Å²) < 4.78 is 0. The molecule has 0 amide bonds. The van der Waals surface area contributed by atoms with Crippen LogP contribution in [0.5, 0.6) is 0 Å². The maximum Gasteiger partial charge on any atom is 0.0722 e. The average Bonchev–Trinajstić information content (AvgIpc) is 1.50. The number of hydrogen-bond donors (Lipinski definition) is 0. The first-order valence-corrected chi connectivity index (χ1v) is 62.1. The van der Waals surface area contributed by atoms with Gasteiger partial charge in [-0.2, -0.15) is 0 Å². The Bertz CT molecular complexity index is 4500. The van der Waals surface area contributed by atoms with E-state index in [4.69, 9.17) is 6.58 Å². The van der Waals surface area contributed by atoms with Crippen molar-refractivity contribution >= 4 is 16.9 Å². The van der Waals surface area contributed by atoms with Crippen molar-refractivity contribution < 1.29 is 0 Å².